The summed E-state index contributed by atoms with van der Waals surface area (Å²) >= 11 is 0. The molecule has 3 N–H and O–H groups in total. The first-order chi connectivity index (χ1) is 15.0. The van der Waals surface area contributed by atoms with Crippen molar-refractivity contribution in [1.29, 1.82) is 0 Å². The second-order valence-corrected chi connectivity index (χ2v) is 6.46. The first-order valence-corrected chi connectivity index (χ1v) is 9.59. The summed E-state index contributed by atoms with van der Waals surface area (Å²) in [4.78, 5) is 24.5. The van der Waals surface area contributed by atoms with Gasteiger partial charge in [0.25, 0.3) is 5.91 Å². The fraction of sp³-hybridized carbons (Fsp3) is 0.227. The molecule has 0 spiro atoms. The van der Waals surface area contributed by atoms with E-state index in [2.05, 4.69) is 10.4 Å². The van der Waals surface area contributed by atoms with Gasteiger partial charge in [-0.3, -0.25) is 4.79 Å². The van der Waals surface area contributed by atoms with Crippen molar-refractivity contribution in [3.8, 4) is 17.2 Å². The minimum atomic E-state index is -0.532. The first kappa shape index (κ1) is 21.7. The van der Waals surface area contributed by atoms with Crippen LogP contribution in [0.1, 0.15) is 33.2 Å². The molecule has 9 nitrogen and oxygen atoms in total. The number of hydrogen-bond acceptors (Lipinski definition) is 7. The fourth-order valence-electron chi connectivity index (χ4n) is 3.05. The average Bonchev–Trinajstić information content (AvgIpc) is 3.18. The number of esters is 1. The Morgan fingerprint density at radius 1 is 1.10 bits per heavy atom. The monoisotopic (exact) mass is 424 g/mol. The lowest BCUT2D eigenvalue weighted by Gasteiger charge is -2.13. The van der Waals surface area contributed by atoms with Crippen LogP contribution in [0.5, 0.6) is 11.5 Å². The predicted molar refractivity (Wildman–Crippen MR) is 115 cm³/mol. The number of nitrogens with two attached hydrogens (primary N) is 1. The summed E-state index contributed by atoms with van der Waals surface area (Å²) in [7, 11) is 3.11. The van der Waals surface area contributed by atoms with Gasteiger partial charge < -0.3 is 25.3 Å². The highest BCUT2D eigenvalue weighted by molar-refractivity contribution is 5.95. The number of amides is 1. The Bertz CT molecular complexity index is 1080. The van der Waals surface area contributed by atoms with Gasteiger partial charge in [0.1, 0.15) is 11.4 Å². The van der Waals surface area contributed by atoms with Crippen LogP contribution in [0.2, 0.25) is 0 Å². The molecule has 2 aromatic carbocycles. The van der Waals surface area contributed by atoms with Crippen molar-refractivity contribution in [1.82, 2.24) is 15.1 Å². The lowest BCUT2D eigenvalue weighted by atomic mass is 10.1. The zero-order chi connectivity index (χ0) is 22.4. The number of anilines is 1. The van der Waals surface area contributed by atoms with Crippen molar-refractivity contribution in [3.63, 3.8) is 0 Å². The number of benzene rings is 2. The molecule has 0 saturated carbocycles. The van der Waals surface area contributed by atoms with Crippen molar-refractivity contribution in [3.05, 3.63) is 65.4 Å². The van der Waals surface area contributed by atoms with Crippen molar-refractivity contribution < 1.29 is 23.8 Å². The molecule has 0 aliphatic rings. The van der Waals surface area contributed by atoms with E-state index in [0.717, 1.165) is 5.56 Å². The number of para-hydroxylation sites is 1. The molecule has 0 radical (unpaired) electrons. The van der Waals surface area contributed by atoms with Gasteiger partial charge >= 0.3 is 5.97 Å². The first-order valence-electron chi connectivity index (χ1n) is 9.59. The van der Waals surface area contributed by atoms with Crippen LogP contribution < -0.4 is 20.5 Å². The van der Waals surface area contributed by atoms with Gasteiger partial charge in [-0.1, -0.05) is 12.1 Å². The number of hydrogen-bond donors (Lipinski definition) is 2. The predicted octanol–water partition coefficient (Wildman–Crippen LogP) is 2.58. The van der Waals surface area contributed by atoms with Crippen LogP contribution in [0.3, 0.4) is 0 Å². The number of ether oxygens (including phenoxy) is 3. The second kappa shape index (κ2) is 9.66. The molecule has 1 amide bonds. The molecule has 3 rings (SSSR count). The molecule has 0 atom stereocenters. The number of nitrogens with one attached hydrogen (secondary N) is 1. The maximum Gasteiger partial charge on any atom is 0.343 e. The Labute approximate surface area is 179 Å². The number of nitrogen functional groups attached to an aromatic ring is 1. The molecule has 162 valence electrons. The standard InChI is InChI=1S/C22H24N4O5/c1-4-31-22(28)17-13-25-26(20(17)23)16-10-8-14(9-11-16)21(27)24-12-15-6-5-7-18(29-2)19(15)30-3/h5-11,13H,4,12,23H2,1-3H3,(H,24,27). The summed E-state index contributed by atoms with van der Waals surface area (Å²) in [5.74, 6) is 0.554. The van der Waals surface area contributed by atoms with Gasteiger partial charge in [0.05, 0.1) is 32.7 Å². The van der Waals surface area contributed by atoms with E-state index in [4.69, 9.17) is 19.9 Å². The topological polar surface area (TPSA) is 118 Å². The number of carbonyl (C=O) groups is 2. The van der Waals surface area contributed by atoms with Gasteiger partial charge in [-0.25, -0.2) is 9.48 Å². The van der Waals surface area contributed by atoms with E-state index in [1.807, 2.05) is 12.1 Å². The van der Waals surface area contributed by atoms with E-state index in [1.165, 1.54) is 10.9 Å². The molecule has 1 aromatic heterocycles. The van der Waals surface area contributed by atoms with Crippen LogP contribution >= 0.6 is 0 Å². The van der Waals surface area contributed by atoms with E-state index >= 15 is 0 Å². The summed E-state index contributed by atoms with van der Waals surface area (Å²) in [5.41, 5.74) is 8.08. The SMILES string of the molecule is CCOC(=O)c1cnn(-c2ccc(C(=O)NCc3cccc(OC)c3OC)cc2)c1N. The Morgan fingerprint density at radius 3 is 2.48 bits per heavy atom. The van der Waals surface area contributed by atoms with Gasteiger partial charge in [0, 0.05) is 17.7 Å². The largest absolute Gasteiger partial charge is 0.493 e. The molecule has 0 aliphatic heterocycles. The third kappa shape index (κ3) is 4.61. The molecule has 3 aromatic rings. The van der Waals surface area contributed by atoms with Crippen LogP contribution in [0.15, 0.2) is 48.7 Å². The number of rotatable bonds is 8. The molecule has 1 heterocycles. The molecule has 0 bridgehead atoms. The van der Waals surface area contributed by atoms with Crippen molar-refractivity contribution in [2.75, 3.05) is 26.6 Å². The molecule has 0 saturated heterocycles. The summed E-state index contributed by atoms with van der Waals surface area (Å²) < 4.78 is 17.0. The van der Waals surface area contributed by atoms with Crippen molar-refractivity contribution in [2.45, 2.75) is 13.5 Å². The minimum Gasteiger partial charge on any atom is -0.493 e. The summed E-state index contributed by atoms with van der Waals surface area (Å²) in [6, 6.07) is 12.2. The normalized spacial score (nSPS) is 10.4. The number of nitrogens with zero attached hydrogens (tertiary/aromatic N) is 2. The zero-order valence-electron chi connectivity index (χ0n) is 17.5. The third-order valence-electron chi connectivity index (χ3n) is 4.60. The molecular formula is C22H24N4O5. The second-order valence-electron chi connectivity index (χ2n) is 6.46. The number of methoxy groups -OCH3 is 2. The quantitative estimate of drug-likeness (QED) is 0.534. The minimum absolute atomic E-state index is 0.167. The maximum absolute atomic E-state index is 12.6. The Morgan fingerprint density at radius 2 is 1.84 bits per heavy atom. The van der Waals surface area contributed by atoms with Gasteiger partial charge in [0.15, 0.2) is 11.5 Å². The number of aromatic nitrogens is 2. The van der Waals surface area contributed by atoms with Crippen LogP contribution in [-0.2, 0) is 11.3 Å². The van der Waals surface area contributed by atoms with Crippen LogP contribution in [0, 0.1) is 0 Å². The lowest BCUT2D eigenvalue weighted by molar-refractivity contribution is 0.0527. The lowest BCUT2D eigenvalue weighted by Crippen LogP contribution is -2.23. The zero-order valence-corrected chi connectivity index (χ0v) is 17.5. The smallest absolute Gasteiger partial charge is 0.343 e. The van der Waals surface area contributed by atoms with E-state index in [-0.39, 0.29) is 30.4 Å². The van der Waals surface area contributed by atoms with Crippen LogP contribution in [0.4, 0.5) is 5.82 Å². The average molecular weight is 424 g/mol. The van der Waals surface area contributed by atoms with E-state index in [0.29, 0.717) is 22.7 Å². The van der Waals surface area contributed by atoms with E-state index in [9.17, 15) is 9.59 Å². The van der Waals surface area contributed by atoms with Crippen molar-refractivity contribution in [2.24, 2.45) is 0 Å². The van der Waals surface area contributed by atoms with E-state index < -0.39 is 5.97 Å². The van der Waals surface area contributed by atoms with Crippen LogP contribution in [-0.4, -0.2) is 42.5 Å². The molecule has 0 aliphatic carbocycles. The highest BCUT2D eigenvalue weighted by Gasteiger charge is 2.17. The van der Waals surface area contributed by atoms with Gasteiger partial charge in [0.2, 0.25) is 0 Å². The summed E-state index contributed by atoms with van der Waals surface area (Å²) in [6.45, 7) is 2.23. The van der Waals surface area contributed by atoms with E-state index in [1.54, 1.807) is 51.5 Å². The summed E-state index contributed by atoms with van der Waals surface area (Å²) in [5, 5.41) is 7.00. The molecule has 0 unspecified atom stereocenters. The Hall–Kier alpha value is -4.01. The maximum atomic E-state index is 12.6. The van der Waals surface area contributed by atoms with Crippen molar-refractivity contribution >= 4 is 17.7 Å². The Kier molecular flexibility index (Phi) is 6.76. The highest BCUT2D eigenvalue weighted by atomic mass is 16.5. The van der Waals surface area contributed by atoms with Gasteiger partial charge in [-0.2, -0.15) is 5.10 Å². The fourth-order valence-corrected chi connectivity index (χ4v) is 3.05. The third-order valence-corrected chi connectivity index (χ3v) is 4.60. The molecule has 31 heavy (non-hydrogen) atoms. The Balaban J connectivity index is 1.71. The molecular weight excluding hydrogens is 400 g/mol. The molecule has 0 fully saturated rings. The summed E-state index contributed by atoms with van der Waals surface area (Å²) in [6.07, 6.45) is 1.36. The molecule has 9 heteroatoms. The number of carbonyl (C=O) groups excluding carboxylic acids is 2. The highest BCUT2D eigenvalue weighted by Crippen LogP contribution is 2.30. The van der Waals surface area contributed by atoms with Gasteiger partial charge in [-0.15, -0.1) is 0 Å². The van der Waals surface area contributed by atoms with Crippen LogP contribution in [0.25, 0.3) is 5.69 Å². The van der Waals surface area contributed by atoms with Gasteiger partial charge in [-0.05, 0) is 37.3 Å².